The van der Waals surface area contributed by atoms with Gasteiger partial charge in [-0.05, 0) is 37.3 Å². The lowest BCUT2D eigenvalue weighted by Gasteiger charge is -2.25. The molecule has 0 spiro atoms. The number of benzene rings is 1. The second-order valence-electron chi connectivity index (χ2n) is 5.48. The van der Waals surface area contributed by atoms with E-state index in [-0.39, 0.29) is 23.7 Å². The van der Waals surface area contributed by atoms with E-state index in [0.29, 0.717) is 5.92 Å². The number of amides is 2. The molecule has 0 N–H and O–H groups in total. The minimum absolute atomic E-state index is 0.00255. The van der Waals surface area contributed by atoms with Crippen molar-refractivity contribution in [2.75, 3.05) is 4.90 Å². The van der Waals surface area contributed by atoms with Gasteiger partial charge in [-0.15, -0.1) is 0 Å². The fourth-order valence-corrected chi connectivity index (χ4v) is 3.22. The Hall–Kier alpha value is -1.64. The zero-order valence-electron chi connectivity index (χ0n) is 10.5. The first kappa shape index (κ1) is 11.5. The van der Waals surface area contributed by atoms with E-state index in [2.05, 4.69) is 6.92 Å². The van der Waals surface area contributed by atoms with Gasteiger partial charge in [0.1, 0.15) is 0 Å². The maximum Gasteiger partial charge on any atom is 0.237 e. The number of fused-ring (bicyclic) bond motifs is 1. The molecule has 18 heavy (non-hydrogen) atoms. The van der Waals surface area contributed by atoms with Crippen molar-refractivity contribution in [3.05, 3.63) is 30.3 Å². The summed E-state index contributed by atoms with van der Waals surface area (Å²) in [5.41, 5.74) is 0.717. The zero-order chi connectivity index (χ0) is 12.7. The van der Waals surface area contributed by atoms with Gasteiger partial charge in [-0.25, -0.2) is 0 Å². The number of hydrogen-bond acceptors (Lipinski definition) is 2. The van der Waals surface area contributed by atoms with Crippen molar-refractivity contribution in [1.82, 2.24) is 0 Å². The van der Waals surface area contributed by atoms with Crippen LogP contribution in [0, 0.1) is 17.8 Å². The molecular weight excluding hydrogens is 226 g/mol. The van der Waals surface area contributed by atoms with Crippen molar-refractivity contribution in [3.8, 4) is 0 Å². The number of carbonyl (C=O) groups is 2. The molecule has 1 aromatic rings. The lowest BCUT2D eigenvalue weighted by Crippen LogP contribution is -2.30. The van der Waals surface area contributed by atoms with E-state index in [1.165, 1.54) is 4.90 Å². The molecule has 0 radical (unpaired) electrons. The maximum absolute atomic E-state index is 12.4. The molecule has 0 unspecified atom stereocenters. The van der Waals surface area contributed by atoms with Crippen molar-refractivity contribution >= 4 is 17.5 Å². The van der Waals surface area contributed by atoms with Gasteiger partial charge in [0.25, 0.3) is 0 Å². The average Bonchev–Trinajstić information content (AvgIpc) is 2.63. The standard InChI is InChI=1S/C15H17NO2/c1-10-7-8-12-13(9-10)15(18)16(14(12)17)11-5-3-2-4-6-11/h2-6,10,12-13H,7-9H2,1H3/t10-,12-,13-/m1/s1. The molecule has 1 aromatic carbocycles. The predicted octanol–water partition coefficient (Wildman–Crippen LogP) is 2.61. The molecule has 2 amide bonds. The Kier molecular flexibility index (Phi) is 2.69. The van der Waals surface area contributed by atoms with Gasteiger partial charge in [0, 0.05) is 0 Å². The molecule has 1 heterocycles. The third-order valence-corrected chi connectivity index (χ3v) is 4.20. The van der Waals surface area contributed by atoms with Crippen molar-refractivity contribution in [1.29, 1.82) is 0 Å². The van der Waals surface area contributed by atoms with Crippen molar-refractivity contribution in [2.45, 2.75) is 26.2 Å². The normalized spacial score (nSPS) is 31.6. The largest absolute Gasteiger partial charge is 0.274 e. The lowest BCUT2D eigenvalue weighted by molar-refractivity contribution is -0.122. The Labute approximate surface area is 107 Å². The number of nitrogens with zero attached hydrogens (tertiary/aromatic N) is 1. The van der Waals surface area contributed by atoms with Crippen molar-refractivity contribution in [3.63, 3.8) is 0 Å². The summed E-state index contributed by atoms with van der Waals surface area (Å²) in [6.07, 6.45) is 2.78. The summed E-state index contributed by atoms with van der Waals surface area (Å²) in [5.74, 6) is 0.403. The van der Waals surface area contributed by atoms with Crippen LogP contribution in [-0.4, -0.2) is 11.8 Å². The van der Waals surface area contributed by atoms with Crippen LogP contribution in [0.2, 0.25) is 0 Å². The molecule has 1 saturated heterocycles. The number of hydrogen-bond donors (Lipinski definition) is 0. The summed E-state index contributed by atoms with van der Waals surface area (Å²) < 4.78 is 0. The molecule has 3 atom stereocenters. The van der Waals surface area contributed by atoms with Gasteiger partial charge in [0.15, 0.2) is 0 Å². The van der Waals surface area contributed by atoms with E-state index in [0.717, 1.165) is 24.9 Å². The van der Waals surface area contributed by atoms with E-state index in [4.69, 9.17) is 0 Å². The maximum atomic E-state index is 12.4. The number of imide groups is 1. The van der Waals surface area contributed by atoms with Crippen molar-refractivity contribution < 1.29 is 9.59 Å². The van der Waals surface area contributed by atoms with Crippen LogP contribution < -0.4 is 4.90 Å². The van der Waals surface area contributed by atoms with Gasteiger partial charge >= 0.3 is 0 Å². The van der Waals surface area contributed by atoms with Crippen LogP contribution in [0.4, 0.5) is 5.69 Å². The van der Waals surface area contributed by atoms with Crippen molar-refractivity contribution in [2.24, 2.45) is 17.8 Å². The Balaban J connectivity index is 1.94. The van der Waals surface area contributed by atoms with Crippen LogP contribution in [0.1, 0.15) is 26.2 Å². The molecule has 1 aliphatic carbocycles. The van der Waals surface area contributed by atoms with Gasteiger partial charge in [0.05, 0.1) is 17.5 Å². The highest BCUT2D eigenvalue weighted by Gasteiger charge is 2.49. The van der Waals surface area contributed by atoms with E-state index in [9.17, 15) is 9.59 Å². The number of para-hydroxylation sites is 1. The monoisotopic (exact) mass is 243 g/mol. The fourth-order valence-electron chi connectivity index (χ4n) is 3.22. The highest BCUT2D eigenvalue weighted by atomic mass is 16.2. The van der Waals surface area contributed by atoms with E-state index in [1.54, 1.807) is 0 Å². The van der Waals surface area contributed by atoms with E-state index in [1.807, 2.05) is 30.3 Å². The predicted molar refractivity (Wildman–Crippen MR) is 68.9 cm³/mol. The zero-order valence-corrected chi connectivity index (χ0v) is 10.5. The smallest absolute Gasteiger partial charge is 0.237 e. The average molecular weight is 243 g/mol. The first-order chi connectivity index (χ1) is 8.68. The summed E-state index contributed by atoms with van der Waals surface area (Å²) in [7, 11) is 0. The summed E-state index contributed by atoms with van der Waals surface area (Å²) in [6, 6.07) is 9.28. The molecular formula is C15H17NO2. The Morgan fingerprint density at radius 2 is 1.67 bits per heavy atom. The van der Waals surface area contributed by atoms with Gasteiger partial charge in [-0.1, -0.05) is 25.1 Å². The molecule has 0 aromatic heterocycles. The number of rotatable bonds is 1. The molecule has 0 bridgehead atoms. The van der Waals surface area contributed by atoms with E-state index >= 15 is 0 Å². The fraction of sp³-hybridized carbons (Fsp3) is 0.467. The minimum atomic E-state index is -0.0820. The third kappa shape index (κ3) is 1.65. The molecule has 1 saturated carbocycles. The third-order valence-electron chi connectivity index (χ3n) is 4.20. The van der Waals surface area contributed by atoms with Crippen LogP contribution in [0.5, 0.6) is 0 Å². The number of anilines is 1. The molecule has 2 aliphatic rings. The van der Waals surface area contributed by atoms with Gasteiger partial charge in [-0.2, -0.15) is 0 Å². The number of carbonyl (C=O) groups excluding carboxylic acids is 2. The highest BCUT2D eigenvalue weighted by Crippen LogP contribution is 2.41. The molecule has 2 fully saturated rings. The molecule has 1 aliphatic heterocycles. The Morgan fingerprint density at radius 1 is 1.00 bits per heavy atom. The Morgan fingerprint density at radius 3 is 2.39 bits per heavy atom. The summed E-state index contributed by atoms with van der Waals surface area (Å²) in [4.78, 5) is 26.2. The molecule has 3 rings (SSSR count). The second-order valence-corrected chi connectivity index (χ2v) is 5.48. The molecule has 3 heteroatoms. The van der Waals surface area contributed by atoms with Crippen LogP contribution >= 0.6 is 0 Å². The van der Waals surface area contributed by atoms with E-state index < -0.39 is 0 Å². The summed E-state index contributed by atoms with van der Waals surface area (Å²) in [5, 5.41) is 0. The van der Waals surface area contributed by atoms with Gasteiger partial charge < -0.3 is 0 Å². The summed E-state index contributed by atoms with van der Waals surface area (Å²) >= 11 is 0. The van der Waals surface area contributed by atoms with Gasteiger partial charge in [-0.3, -0.25) is 14.5 Å². The van der Waals surface area contributed by atoms with Crippen LogP contribution in [0.25, 0.3) is 0 Å². The summed E-state index contributed by atoms with van der Waals surface area (Å²) in [6.45, 7) is 2.17. The minimum Gasteiger partial charge on any atom is -0.274 e. The second kappa shape index (κ2) is 4.23. The SMILES string of the molecule is C[C@@H]1CC[C@H]2C(=O)N(c3ccccc3)C(=O)[C@@H]2C1. The van der Waals surface area contributed by atoms with Gasteiger partial charge in [0.2, 0.25) is 11.8 Å². The van der Waals surface area contributed by atoms with Crippen LogP contribution in [0.15, 0.2) is 30.3 Å². The highest BCUT2D eigenvalue weighted by molar-refractivity contribution is 6.22. The molecule has 3 nitrogen and oxygen atoms in total. The quantitative estimate of drug-likeness (QED) is 0.711. The van der Waals surface area contributed by atoms with Crippen LogP contribution in [0.3, 0.4) is 0 Å². The first-order valence-electron chi connectivity index (χ1n) is 6.61. The Bertz CT molecular complexity index is 483. The van der Waals surface area contributed by atoms with Crippen LogP contribution in [-0.2, 0) is 9.59 Å². The first-order valence-corrected chi connectivity index (χ1v) is 6.61. The lowest BCUT2D eigenvalue weighted by atomic mass is 9.76. The molecule has 94 valence electrons. The topological polar surface area (TPSA) is 37.4 Å².